The molecule has 7 nitrogen and oxygen atoms in total. The van der Waals surface area contributed by atoms with E-state index in [0.29, 0.717) is 25.5 Å². The standard InChI is InChI=1S/C15H24N4O3S/c1-15(2)21-6-11(22-15)10(7-23-3)16-4-9-5-17-13-12(9)18-8-19-14(13)20/h5,10-11,16-18H,4,6-8H2,1-3H3,(H,19,20)/t10-,11-/m0/s1. The Morgan fingerprint density at radius 1 is 1.48 bits per heavy atom. The lowest BCUT2D eigenvalue weighted by atomic mass is 10.1. The van der Waals surface area contributed by atoms with Gasteiger partial charge >= 0.3 is 0 Å². The maximum Gasteiger partial charge on any atom is 0.271 e. The SMILES string of the molecule is CSC[C@H](NCc1c[nH]c2c1NCNC2=O)[C@@H]1COC(C)(C)O1. The smallest absolute Gasteiger partial charge is 0.271 e. The summed E-state index contributed by atoms with van der Waals surface area (Å²) in [7, 11) is 0. The van der Waals surface area contributed by atoms with Crippen LogP contribution in [0, 0.1) is 0 Å². The van der Waals surface area contributed by atoms with Crippen LogP contribution >= 0.6 is 11.8 Å². The first-order valence-electron chi connectivity index (χ1n) is 7.76. The molecule has 0 aliphatic carbocycles. The Morgan fingerprint density at radius 3 is 3.00 bits per heavy atom. The van der Waals surface area contributed by atoms with Gasteiger partial charge in [-0.2, -0.15) is 11.8 Å². The van der Waals surface area contributed by atoms with Crippen LogP contribution in [0.25, 0.3) is 0 Å². The van der Waals surface area contributed by atoms with Crippen LogP contribution in [0.5, 0.6) is 0 Å². The maximum absolute atomic E-state index is 11.8. The third kappa shape index (κ3) is 3.65. The average molecular weight is 340 g/mol. The summed E-state index contributed by atoms with van der Waals surface area (Å²) in [5.41, 5.74) is 2.53. The first kappa shape index (κ1) is 16.6. The second-order valence-corrected chi connectivity index (χ2v) is 7.14. The molecule has 0 bridgehead atoms. The maximum atomic E-state index is 11.8. The summed E-state index contributed by atoms with van der Waals surface area (Å²) in [6.45, 7) is 5.59. The van der Waals surface area contributed by atoms with Crippen molar-refractivity contribution < 1.29 is 14.3 Å². The molecule has 128 valence electrons. The van der Waals surface area contributed by atoms with Gasteiger partial charge in [0.2, 0.25) is 0 Å². The van der Waals surface area contributed by atoms with Crippen LogP contribution in [0.15, 0.2) is 6.20 Å². The minimum atomic E-state index is -0.518. The Bertz CT molecular complexity index is 575. The van der Waals surface area contributed by atoms with Crippen molar-refractivity contribution in [1.82, 2.24) is 15.6 Å². The molecule has 0 aromatic carbocycles. The number of H-pyrrole nitrogens is 1. The Labute approximate surface area is 140 Å². The molecule has 0 saturated carbocycles. The van der Waals surface area contributed by atoms with Crippen LogP contribution < -0.4 is 16.0 Å². The number of anilines is 1. The molecular weight excluding hydrogens is 316 g/mol. The summed E-state index contributed by atoms with van der Waals surface area (Å²) in [6.07, 6.45) is 3.99. The highest BCUT2D eigenvalue weighted by Crippen LogP contribution is 2.26. The van der Waals surface area contributed by atoms with E-state index in [1.165, 1.54) is 0 Å². The number of aromatic amines is 1. The van der Waals surface area contributed by atoms with Gasteiger partial charge < -0.3 is 30.4 Å². The number of hydrogen-bond donors (Lipinski definition) is 4. The molecule has 2 aliphatic rings. The van der Waals surface area contributed by atoms with Crippen LogP contribution in [0.1, 0.15) is 29.9 Å². The van der Waals surface area contributed by atoms with Gasteiger partial charge in [-0.05, 0) is 20.1 Å². The molecule has 4 N–H and O–H groups in total. The summed E-state index contributed by atoms with van der Waals surface area (Å²) >= 11 is 1.78. The lowest BCUT2D eigenvalue weighted by Crippen LogP contribution is -2.43. The number of rotatable bonds is 6. The van der Waals surface area contributed by atoms with Crippen molar-refractivity contribution in [1.29, 1.82) is 0 Å². The molecule has 1 fully saturated rings. The molecule has 1 aromatic heterocycles. The predicted octanol–water partition coefficient (Wildman–Crippen LogP) is 1.10. The van der Waals surface area contributed by atoms with E-state index in [-0.39, 0.29) is 18.1 Å². The number of thioether (sulfide) groups is 1. The quantitative estimate of drug-likeness (QED) is 0.620. The minimum Gasteiger partial charge on any atom is -0.366 e. The number of carbonyl (C=O) groups excluding carboxylic acids is 1. The van der Waals surface area contributed by atoms with E-state index < -0.39 is 5.79 Å². The molecule has 23 heavy (non-hydrogen) atoms. The van der Waals surface area contributed by atoms with Crippen LogP contribution in [0.2, 0.25) is 0 Å². The fourth-order valence-corrected chi connectivity index (χ4v) is 3.61. The van der Waals surface area contributed by atoms with Crippen molar-refractivity contribution in [3.05, 3.63) is 17.5 Å². The van der Waals surface area contributed by atoms with Gasteiger partial charge in [-0.25, -0.2) is 0 Å². The van der Waals surface area contributed by atoms with Crippen molar-refractivity contribution in [2.75, 3.05) is 30.6 Å². The van der Waals surface area contributed by atoms with Gasteiger partial charge in [-0.15, -0.1) is 0 Å². The first-order valence-corrected chi connectivity index (χ1v) is 9.16. The molecule has 0 spiro atoms. The molecule has 1 aromatic rings. The lowest BCUT2D eigenvalue weighted by Gasteiger charge is -2.25. The summed E-state index contributed by atoms with van der Waals surface area (Å²) < 4.78 is 11.7. The normalized spacial score (nSPS) is 24.0. The Kier molecular flexibility index (Phi) is 4.86. The van der Waals surface area contributed by atoms with Gasteiger partial charge in [0.25, 0.3) is 5.91 Å². The van der Waals surface area contributed by atoms with Gasteiger partial charge in [0.15, 0.2) is 5.79 Å². The first-order chi connectivity index (χ1) is 11.0. The fraction of sp³-hybridized carbons (Fsp3) is 0.667. The van der Waals surface area contributed by atoms with Gasteiger partial charge in [0, 0.05) is 30.1 Å². The number of hydrogen-bond acceptors (Lipinski definition) is 6. The number of amides is 1. The van der Waals surface area contributed by atoms with E-state index >= 15 is 0 Å². The Morgan fingerprint density at radius 2 is 2.30 bits per heavy atom. The summed E-state index contributed by atoms with van der Waals surface area (Å²) in [5, 5.41) is 9.51. The van der Waals surface area contributed by atoms with Crippen LogP contribution in [0.3, 0.4) is 0 Å². The molecule has 0 radical (unpaired) electrons. The second kappa shape index (κ2) is 6.72. The molecule has 2 aliphatic heterocycles. The fourth-order valence-electron chi connectivity index (χ4n) is 2.92. The molecule has 0 unspecified atom stereocenters. The highest BCUT2D eigenvalue weighted by atomic mass is 32.2. The molecule has 1 saturated heterocycles. The van der Waals surface area contributed by atoms with E-state index in [2.05, 4.69) is 27.2 Å². The van der Waals surface area contributed by atoms with Gasteiger partial charge in [-0.1, -0.05) is 0 Å². The van der Waals surface area contributed by atoms with E-state index in [0.717, 1.165) is 17.0 Å². The number of carbonyl (C=O) groups is 1. The molecular formula is C15H24N4O3S. The Balaban J connectivity index is 1.64. The van der Waals surface area contributed by atoms with E-state index in [9.17, 15) is 4.79 Å². The van der Waals surface area contributed by atoms with Crippen molar-refractivity contribution in [3.63, 3.8) is 0 Å². The molecule has 8 heteroatoms. The number of fused-ring (bicyclic) bond motifs is 1. The predicted molar refractivity (Wildman–Crippen MR) is 90.7 cm³/mol. The monoisotopic (exact) mass is 340 g/mol. The zero-order chi connectivity index (χ0) is 16.4. The molecule has 3 rings (SSSR count). The van der Waals surface area contributed by atoms with Crippen LogP contribution in [-0.4, -0.2) is 54.1 Å². The van der Waals surface area contributed by atoms with Crippen molar-refractivity contribution in [2.24, 2.45) is 0 Å². The highest BCUT2D eigenvalue weighted by molar-refractivity contribution is 7.98. The molecule has 3 heterocycles. The van der Waals surface area contributed by atoms with Crippen molar-refractivity contribution >= 4 is 23.4 Å². The number of ether oxygens (including phenoxy) is 2. The average Bonchev–Trinajstić information content (AvgIpc) is 3.08. The largest absolute Gasteiger partial charge is 0.366 e. The minimum absolute atomic E-state index is 0.0310. The van der Waals surface area contributed by atoms with E-state index in [4.69, 9.17) is 9.47 Å². The topological polar surface area (TPSA) is 87.4 Å². The highest BCUT2D eigenvalue weighted by Gasteiger charge is 2.37. The summed E-state index contributed by atoms with van der Waals surface area (Å²) in [5.74, 6) is 0.348. The van der Waals surface area contributed by atoms with Crippen LogP contribution in [0.4, 0.5) is 5.69 Å². The zero-order valence-electron chi connectivity index (χ0n) is 13.7. The lowest BCUT2D eigenvalue weighted by molar-refractivity contribution is -0.141. The van der Waals surface area contributed by atoms with Crippen molar-refractivity contribution in [3.8, 4) is 0 Å². The van der Waals surface area contributed by atoms with Crippen LogP contribution in [-0.2, 0) is 16.0 Å². The second-order valence-electron chi connectivity index (χ2n) is 6.23. The van der Waals surface area contributed by atoms with Crippen molar-refractivity contribution in [2.45, 2.75) is 38.3 Å². The van der Waals surface area contributed by atoms with Gasteiger partial charge in [-0.3, -0.25) is 4.79 Å². The van der Waals surface area contributed by atoms with Gasteiger partial charge in [0.1, 0.15) is 11.8 Å². The van der Waals surface area contributed by atoms with E-state index in [1.54, 1.807) is 11.8 Å². The zero-order valence-corrected chi connectivity index (χ0v) is 14.5. The Hall–Kier alpha value is -1.22. The third-order valence-corrected chi connectivity index (χ3v) is 4.78. The van der Waals surface area contributed by atoms with E-state index in [1.807, 2.05) is 20.0 Å². The summed E-state index contributed by atoms with van der Waals surface area (Å²) in [6, 6.07) is 0.190. The summed E-state index contributed by atoms with van der Waals surface area (Å²) in [4.78, 5) is 14.8. The number of nitrogens with one attached hydrogen (secondary N) is 4. The molecule has 2 atom stereocenters. The molecule has 1 amide bonds. The third-order valence-electron chi connectivity index (χ3n) is 4.08. The number of aromatic nitrogens is 1. The van der Waals surface area contributed by atoms with Gasteiger partial charge in [0.05, 0.1) is 19.0 Å².